The molecule has 2 unspecified atom stereocenters. The Morgan fingerprint density at radius 3 is 2.48 bits per heavy atom. The lowest BCUT2D eigenvalue weighted by molar-refractivity contribution is -0.384. The van der Waals surface area contributed by atoms with Crippen LogP contribution in [-0.2, 0) is 0 Å². The van der Waals surface area contributed by atoms with Gasteiger partial charge in [-0.1, -0.05) is 20.3 Å². The summed E-state index contributed by atoms with van der Waals surface area (Å²) in [5, 5.41) is 14.4. The van der Waals surface area contributed by atoms with Crippen LogP contribution in [0.25, 0.3) is 0 Å². The molecule has 116 valence electrons. The second-order valence-electron chi connectivity index (χ2n) is 5.51. The van der Waals surface area contributed by atoms with Crippen molar-refractivity contribution in [3.63, 3.8) is 0 Å². The number of amides is 1. The lowest BCUT2D eigenvalue weighted by Crippen LogP contribution is -2.24. The van der Waals surface area contributed by atoms with Crippen LogP contribution in [-0.4, -0.2) is 35.9 Å². The molecule has 0 saturated heterocycles. The van der Waals surface area contributed by atoms with Gasteiger partial charge in [-0.25, -0.2) is 0 Å². The van der Waals surface area contributed by atoms with Crippen molar-refractivity contribution in [3.8, 4) is 0 Å². The molecule has 0 spiro atoms. The fourth-order valence-electron chi connectivity index (χ4n) is 1.94. The van der Waals surface area contributed by atoms with Gasteiger partial charge in [-0.2, -0.15) is 0 Å². The second-order valence-corrected chi connectivity index (χ2v) is 5.51. The van der Waals surface area contributed by atoms with Gasteiger partial charge in [-0.15, -0.1) is 0 Å². The van der Waals surface area contributed by atoms with Gasteiger partial charge in [0.15, 0.2) is 0 Å². The van der Waals surface area contributed by atoms with Crippen LogP contribution in [0.5, 0.6) is 0 Å². The highest BCUT2D eigenvalue weighted by molar-refractivity contribution is 5.95. The number of rotatable bonds is 6. The molecule has 6 nitrogen and oxygen atoms in total. The number of carbonyl (C=O) groups excluding carboxylic acids is 1. The average Bonchev–Trinajstić information content (AvgIpc) is 2.45. The number of nitrogens with one attached hydrogen (secondary N) is 1. The Kier molecular flexibility index (Phi) is 5.69. The first-order valence-corrected chi connectivity index (χ1v) is 7.04. The normalized spacial score (nSPS) is 13.4. The van der Waals surface area contributed by atoms with Crippen LogP contribution >= 0.6 is 0 Å². The molecule has 21 heavy (non-hydrogen) atoms. The lowest BCUT2D eigenvalue weighted by Gasteiger charge is -2.21. The largest absolute Gasteiger partial charge is 0.377 e. The minimum Gasteiger partial charge on any atom is -0.377 e. The van der Waals surface area contributed by atoms with E-state index >= 15 is 0 Å². The molecule has 1 aromatic carbocycles. The van der Waals surface area contributed by atoms with Crippen molar-refractivity contribution in [3.05, 3.63) is 33.9 Å². The SMILES string of the molecule is CCC(C)C(C)Nc1ccc(C(=O)N(C)C)cc1[N+](=O)[O-]. The fraction of sp³-hybridized carbons (Fsp3) is 0.533. The highest BCUT2D eigenvalue weighted by atomic mass is 16.6. The summed E-state index contributed by atoms with van der Waals surface area (Å²) in [5.41, 5.74) is 0.689. The monoisotopic (exact) mass is 293 g/mol. The molecular formula is C15H23N3O3. The molecule has 0 bridgehead atoms. The van der Waals surface area contributed by atoms with Crippen LogP contribution in [0.15, 0.2) is 18.2 Å². The van der Waals surface area contributed by atoms with Gasteiger partial charge >= 0.3 is 0 Å². The second kappa shape index (κ2) is 7.06. The third kappa shape index (κ3) is 4.18. The zero-order valence-corrected chi connectivity index (χ0v) is 13.2. The van der Waals surface area contributed by atoms with Crippen LogP contribution in [0.4, 0.5) is 11.4 Å². The first-order valence-electron chi connectivity index (χ1n) is 7.04. The molecule has 0 aliphatic heterocycles. The molecule has 1 N–H and O–H groups in total. The Hall–Kier alpha value is -2.11. The fourth-order valence-corrected chi connectivity index (χ4v) is 1.94. The standard InChI is InChI=1S/C15H23N3O3/c1-6-10(2)11(3)16-13-8-7-12(15(19)17(4)5)9-14(13)18(20)21/h7-11,16H,6H2,1-5H3. The minimum absolute atomic E-state index is 0.0714. The van der Waals surface area contributed by atoms with Gasteiger partial charge < -0.3 is 10.2 Å². The maximum absolute atomic E-state index is 11.9. The number of carbonyl (C=O) groups is 1. The molecule has 0 aromatic heterocycles. The number of benzene rings is 1. The van der Waals surface area contributed by atoms with Gasteiger partial charge in [0, 0.05) is 31.8 Å². The molecule has 0 radical (unpaired) electrons. The maximum atomic E-state index is 11.9. The molecule has 1 rings (SSSR count). The molecule has 1 amide bonds. The molecule has 0 fully saturated rings. The van der Waals surface area contributed by atoms with Gasteiger partial charge in [0.1, 0.15) is 5.69 Å². The van der Waals surface area contributed by atoms with E-state index in [4.69, 9.17) is 0 Å². The van der Waals surface area contributed by atoms with E-state index in [0.29, 0.717) is 17.2 Å². The number of nitrogens with zero attached hydrogens (tertiary/aromatic N) is 2. The summed E-state index contributed by atoms with van der Waals surface area (Å²) in [7, 11) is 3.23. The highest BCUT2D eigenvalue weighted by Crippen LogP contribution is 2.28. The zero-order chi connectivity index (χ0) is 16.2. The van der Waals surface area contributed by atoms with E-state index in [1.54, 1.807) is 26.2 Å². The quantitative estimate of drug-likeness (QED) is 0.645. The Morgan fingerprint density at radius 2 is 2.00 bits per heavy atom. The molecule has 6 heteroatoms. The number of nitro benzene ring substituents is 1. The summed E-state index contributed by atoms with van der Waals surface area (Å²) in [5.74, 6) is 0.146. The lowest BCUT2D eigenvalue weighted by atomic mass is 10.0. The molecule has 0 saturated carbocycles. The highest BCUT2D eigenvalue weighted by Gasteiger charge is 2.20. The number of nitro groups is 1. The van der Waals surface area contributed by atoms with Crippen LogP contribution in [0.2, 0.25) is 0 Å². The average molecular weight is 293 g/mol. The van der Waals surface area contributed by atoms with Gasteiger partial charge in [0.25, 0.3) is 11.6 Å². The van der Waals surface area contributed by atoms with E-state index in [-0.39, 0.29) is 17.6 Å². The van der Waals surface area contributed by atoms with Crippen LogP contribution < -0.4 is 5.32 Å². The first-order chi connectivity index (χ1) is 9.77. The van der Waals surface area contributed by atoms with E-state index < -0.39 is 4.92 Å². The van der Waals surface area contributed by atoms with Gasteiger partial charge in [-0.3, -0.25) is 14.9 Å². The Bertz CT molecular complexity index is 529. The molecule has 0 heterocycles. The molecule has 1 aromatic rings. The van der Waals surface area contributed by atoms with Crippen LogP contribution in [0.1, 0.15) is 37.6 Å². The van der Waals surface area contributed by atoms with E-state index in [9.17, 15) is 14.9 Å². The first kappa shape index (κ1) is 16.9. The number of hydrogen-bond donors (Lipinski definition) is 1. The van der Waals surface area contributed by atoms with Crippen molar-refractivity contribution < 1.29 is 9.72 Å². The van der Waals surface area contributed by atoms with Gasteiger partial charge in [-0.05, 0) is 25.0 Å². The minimum atomic E-state index is -0.460. The molecule has 0 aliphatic rings. The molecule has 0 aliphatic carbocycles. The number of anilines is 1. The van der Waals surface area contributed by atoms with E-state index in [1.807, 2.05) is 6.92 Å². The summed E-state index contributed by atoms with van der Waals surface area (Å²) >= 11 is 0. The predicted molar refractivity (Wildman–Crippen MR) is 83.7 cm³/mol. The van der Waals surface area contributed by atoms with Crippen molar-refractivity contribution in [1.82, 2.24) is 4.90 Å². The van der Waals surface area contributed by atoms with Gasteiger partial charge in [0.05, 0.1) is 4.92 Å². The summed E-state index contributed by atoms with van der Waals surface area (Å²) < 4.78 is 0. The van der Waals surface area contributed by atoms with E-state index in [0.717, 1.165) is 6.42 Å². The summed E-state index contributed by atoms with van der Waals surface area (Å²) in [6.07, 6.45) is 0.985. The summed E-state index contributed by atoms with van der Waals surface area (Å²) in [6, 6.07) is 4.66. The van der Waals surface area contributed by atoms with Crippen LogP contribution in [0, 0.1) is 16.0 Å². The van der Waals surface area contributed by atoms with Crippen molar-refractivity contribution in [1.29, 1.82) is 0 Å². The Labute approximate surface area is 125 Å². The van der Waals surface area contributed by atoms with E-state index in [2.05, 4.69) is 19.2 Å². The maximum Gasteiger partial charge on any atom is 0.293 e. The molecular weight excluding hydrogens is 270 g/mol. The number of hydrogen-bond acceptors (Lipinski definition) is 4. The Balaban J connectivity index is 3.11. The topological polar surface area (TPSA) is 75.5 Å². The van der Waals surface area contributed by atoms with E-state index in [1.165, 1.54) is 11.0 Å². The Morgan fingerprint density at radius 1 is 1.38 bits per heavy atom. The van der Waals surface area contributed by atoms with Crippen molar-refractivity contribution >= 4 is 17.3 Å². The summed E-state index contributed by atoms with van der Waals surface area (Å²) in [4.78, 5) is 24.1. The third-order valence-corrected chi connectivity index (χ3v) is 3.73. The van der Waals surface area contributed by atoms with Crippen molar-refractivity contribution in [2.24, 2.45) is 5.92 Å². The van der Waals surface area contributed by atoms with Crippen molar-refractivity contribution in [2.45, 2.75) is 33.2 Å². The van der Waals surface area contributed by atoms with Gasteiger partial charge in [0.2, 0.25) is 0 Å². The zero-order valence-electron chi connectivity index (χ0n) is 13.2. The third-order valence-electron chi connectivity index (χ3n) is 3.73. The van der Waals surface area contributed by atoms with Crippen molar-refractivity contribution in [2.75, 3.05) is 19.4 Å². The summed E-state index contributed by atoms with van der Waals surface area (Å²) in [6.45, 7) is 6.17. The molecule has 2 atom stereocenters. The van der Waals surface area contributed by atoms with Crippen LogP contribution in [0.3, 0.4) is 0 Å². The smallest absolute Gasteiger partial charge is 0.293 e. The predicted octanol–water partition coefficient (Wildman–Crippen LogP) is 3.14.